The van der Waals surface area contributed by atoms with Gasteiger partial charge in [-0.05, 0) is 30.7 Å². The van der Waals surface area contributed by atoms with Gasteiger partial charge < -0.3 is 25.0 Å². The van der Waals surface area contributed by atoms with Crippen LogP contribution in [0.1, 0.15) is 18.4 Å². The van der Waals surface area contributed by atoms with Gasteiger partial charge in [0, 0.05) is 42.6 Å². The van der Waals surface area contributed by atoms with Crippen LogP contribution >= 0.6 is 24.2 Å². The predicted molar refractivity (Wildman–Crippen MR) is 145 cm³/mol. The predicted octanol–water partition coefficient (Wildman–Crippen LogP) is 1.58. The van der Waals surface area contributed by atoms with Gasteiger partial charge in [-0.3, -0.25) is 19.8 Å². The molecule has 3 N–H and O–H groups in total. The fraction of sp³-hybridized carbons (Fsp3) is 0.440. The first-order chi connectivity index (χ1) is 17.9. The molecule has 1 aromatic carbocycles. The normalized spacial score (nSPS) is 19.0. The maximum absolute atomic E-state index is 13.1. The number of carbonyl (C=O) groups excluding carboxylic acids is 3. The number of nitrogens with one attached hydrogen (secondary N) is 1. The molecule has 2 fully saturated rings. The average Bonchev–Trinajstić information content (AvgIpc) is 3.21. The van der Waals surface area contributed by atoms with Crippen molar-refractivity contribution in [3.05, 3.63) is 42.2 Å². The number of halogens is 1. The molecule has 2 aliphatic heterocycles. The van der Waals surface area contributed by atoms with E-state index in [1.807, 2.05) is 23.9 Å². The lowest BCUT2D eigenvalue weighted by molar-refractivity contribution is -0.146. The van der Waals surface area contributed by atoms with Crippen molar-refractivity contribution in [3.63, 3.8) is 0 Å². The maximum atomic E-state index is 13.1. The molecular weight excluding hydrogens is 532 g/mol. The summed E-state index contributed by atoms with van der Waals surface area (Å²) in [6.07, 6.45) is 3.38. The van der Waals surface area contributed by atoms with Crippen molar-refractivity contribution in [2.45, 2.75) is 18.9 Å². The lowest BCUT2D eigenvalue weighted by Crippen LogP contribution is -2.47. The summed E-state index contributed by atoms with van der Waals surface area (Å²) in [4.78, 5) is 49.7. The van der Waals surface area contributed by atoms with E-state index in [9.17, 15) is 14.4 Å². The Bertz CT molecular complexity index is 1140. The van der Waals surface area contributed by atoms with Crippen LogP contribution in [0, 0.1) is 11.3 Å². The van der Waals surface area contributed by atoms with Gasteiger partial charge >= 0.3 is 5.97 Å². The standard InChI is InChI=1S/C25H30N6O5S.ClH/c1-35-22(33)11-17-10-19(31(25(17)34)14-21(32)30-6-8-37-9-7-30)15-36-20-4-2-16(3-5-20)24-28-12-18(13-29-24)23(26)27;/h2-5,12-13,17,19H,6-11,14-15H2,1H3,(H3,26,27);1H/t17-,19-;/m0./s1. The zero-order chi connectivity index (χ0) is 26.4. The Morgan fingerprint density at radius 3 is 2.42 bits per heavy atom. The Hall–Kier alpha value is -3.38. The van der Waals surface area contributed by atoms with Crippen LogP contribution in [0.15, 0.2) is 36.7 Å². The van der Waals surface area contributed by atoms with Crippen LogP contribution < -0.4 is 10.5 Å². The number of hydrogen-bond donors (Lipinski definition) is 2. The molecule has 2 aromatic rings. The number of ether oxygens (including phenoxy) is 2. The molecule has 0 aliphatic carbocycles. The van der Waals surface area contributed by atoms with Crippen molar-refractivity contribution in [2.24, 2.45) is 11.7 Å². The summed E-state index contributed by atoms with van der Waals surface area (Å²) in [6, 6.07) is 6.84. The molecular formula is C25H31ClN6O5S. The smallest absolute Gasteiger partial charge is 0.306 e. The largest absolute Gasteiger partial charge is 0.491 e. The second-order valence-corrected chi connectivity index (χ2v) is 10.1. The highest BCUT2D eigenvalue weighted by atomic mass is 35.5. The van der Waals surface area contributed by atoms with Crippen LogP contribution in [-0.4, -0.2) is 94.3 Å². The molecule has 4 rings (SSSR count). The number of nitrogen functional groups attached to an aromatic ring is 1. The van der Waals surface area contributed by atoms with Gasteiger partial charge in [0.05, 0.1) is 31.1 Å². The van der Waals surface area contributed by atoms with E-state index in [0.717, 1.165) is 17.1 Å². The van der Waals surface area contributed by atoms with E-state index < -0.39 is 11.9 Å². The van der Waals surface area contributed by atoms with Gasteiger partial charge in [0.2, 0.25) is 11.8 Å². The molecule has 13 heteroatoms. The van der Waals surface area contributed by atoms with E-state index in [4.69, 9.17) is 20.6 Å². The van der Waals surface area contributed by atoms with Crippen molar-refractivity contribution in [1.29, 1.82) is 5.41 Å². The van der Waals surface area contributed by atoms with Crippen LogP contribution in [-0.2, 0) is 19.1 Å². The van der Waals surface area contributed by atoms with Crippen LogP contribution in [0.3, 0.4) is 0 Å². The molecule has 0 radical (unpaired) electrons. The minimum atomic E-state index is -0.539. The van der Waals surface area contributed by atoms with E-state index in [2.05, 4.69) is 9.97 Å². The number of amides is 2. The topological polar surface area (TPSA) is 152 Å². The molecule has 11 nitrogen and oxygen atoms in total. The number of carbonyl (C=O) groups is 3. The van der Waals surface area contributed by atoms with Gasteiger partial charge in [-0.1, -0.05) is 0 Å². The monoisotopic (exact) mass is 562 g/mol. The number of methoxy groups -OCH3 is 1. The van der Waals surface area contributed by atoms with Gasteiger partial charge in [-0.2, -0.15) is 11.8 Å². The Kier molecular flexibility index (Phi) is 10.3. The van der Waals surface area contributed by atoms with Gasteiger partial charge in [0.25, 0.3) is 0 Å². The number of rotatable bonds is 9. The first-order valence-corrected chi connectivity index (χ1v) is 13.1. The molecule has 2 atom stereocenters. The van der Waals surface area contributed by atoms with E-state index in [0.29, 0.717) is 36.6 Å². The first kappa shape index (κ1) is 29.2. The number of benzene rings is 1. The molecule has 3 heterocycles. The number of thioether (sulfide) groups is 1. The summed E-state index contributed by atoms with van der Waals surface area (Å²) in [5.41, 5.74) is 6.66. The summed E-state index contributed by atoms with van der Waals surface area (Å²) >= 11 is 1.81. The van der Waals surface area contributed by atoms with Crippen LogP contribution in [0.5, 0.6) is 5.75 Å². The van der Waals surface area contributed by atoms with Gasteiger partial charge in [-0.25, -0.2) is 9.97 Å². The number of amidine groups is 1. The van der Waals surface area contributed by atoms with E-state index in [-0.39, 0.29) is 55.7 Å². The van der Waals surface area contributed by atoms with Crippen LogP contribution in [0.4, 0.5) is 0 Å². The highest BCUT2D eigenvalue weighted by Crippen LogP contribution is 2.29. The molecule has 204 valence electrons. The summed E-state index contributed by atoms with van der Waals surface area (Å²) in [7, 11) is 1.30. The minimum absolute atomic E-state index is 0. The number of aromatic nitrogens is 2. The first-order valence-electron chi connectivity index (χ1n) is 12.0. The third-order valence-electron chi connectivity index (χ3n) is 6.46. The number of hydrogen-bond acceptors (Lipinski definition) is 9. The summed E-state index contributed by atoms with van der Waals surface area (Å²) in [5, 5.41) is 7.44. The molecule has 1 aromatic heterocycles. The molecule has 0 bridgehead atoms. The quantitative estimate of drug-likeness (QED) is 0.263. The summed E-state index contributed by atoms with van der Waals surface area (Å²) < 4.78 is 10.7. The molecule has 0 saturated carbocycles. The third kappa shape index (κ3) is 7.13. The molecule has 0 unspecified atom stereocenters. The van der Waals surface area contributed by atoms with Crippen LogP contribution in [0.25, 0.3) is 11.4 Å². The SMILES string of the molecule is COC(=O)C[C@@H]1C[C@@H](COc2ccc(-c3ncc(C(=N)N)cn3)cc2)N(CC(=O)N2CCSCC2)C1=O.Cl. The molecule has 2 amide bonds. The van der Waals surface area contributed by atoms with E-state index in [1.54, 1.807) is 21.9 Å². The van der Waals surface area contributed by atoms with Gasteiger partial charge in [0.15, 0.2) is 5.82 Å². The van der Waals surface area contributed by atoms with E-state index >= 15 is 0 Å². The van der Waals surface area contributed by atoms with Crippen molar-refractivity contribution in [3.8, 4) is 17.1 Å². The fourth-order valence-electron chi connectivity index (χ4n) is 4.36. The number of nitrogens with two attached hydrogens (primary N) is 1. The Labute approximate surface area is 231 Å². The van der Waals surface area contributed by atoms with Crippen molar-refractivity contribution < 1.29 is 23.9 Å². The maximum Gasteiger partial charge on any atom is 0.306 e. The Balaban J connectivity index is 0.00000400. The summed E-state index contributed by atoms with van der Waals surface area (Å²) in [5.74, 6) is 1.46. The second-order valence-electron chi connectivity index (χ2n) is 8.87. The molecule has 2 aliphatic rings. The molecule has 0 spiro atoms. The summed E-state index contributed by atoms with van der Waals surface area (Å²) in [6.45, 7) is 1.51. The lowest BCUT2D eigenvalue weighted by atomic mass is 10.0. The minimum Gasteiger partial charge on any atom is -0.491 e. The number of likely N-dealkylation sites (tertiary alicyclic amines) is 1. The lowest BCUT2D eigenvalue weighted by Gasteiger charge is -2.30. The van der Waals surface area contributed by atoms with Crippen molar-refractivity contribution in [1.82, 2.24) is 19.8 Å². The number of nitrogens with zero attached hydrogens (tertiary/aromatic N) is 4. The Morgan fingerprint density at radius 1 is 1.16 bits per heavy atom. The van der Waals surface area contributed by atoms with Crippen molar-refractivity contribution in [2.75, 3.05) is 44.9 Å². The third-order valence-corrected chi connectivity index (χ3v) is 7.40. The van der Waals surface area contributed by atoms with Gasteiger partial charge in [-0.15, -0.1) is 12.4 Å². The van der Waals surface area contributed by atoms with Crippen LogP contribution in [0.2, 0.25) is 0 Å². The van der Waals surface area contributed by atoms with Crippen molar-refractivity contribution >= 4 is 47.8 Å². The second kappa shape index (κ2) is 13.4. The fourth-order valence-corrected chi connectivity index (χ4v) is 5.26. The zero-order valence-corrected chi connectivity index (χ0v) is 22.6. The Morgan fingerprint density at radius 2 is 1.82 bits per heavy atom. The molecule has 2 saturated heterocycles. The highest BCUT2D eigenvalue weighted by Gasteiger charge is 2.42. The van der Waals surface area contributed by atoms with Gasteiger partial charge in [0.1, 0.15) is 24.7 Å². The average molecular weight is 563 g/mol. The zero-order valence-electron chi connectivity index (χ0n) is 21.0. The highest BCUT2D eigenvalue weighted by molar-refractivity contribution is 7.99. The molecule has 38 heavy (non-hydrogen) atoms. The number of esters is 1. The van der Waals surface area contributed by atoms with E-state index in [1.165, 1.54) is 19.5 Å².